The minimum Gasteiger partial charge on any atom is -0.508 e. The van der Waals surface area contributed by atoms with Crippen molar-refractivity contribution in [3.05, 3.63) is 42.0 Å². The Morgan fingerprint density at radius 3 is 2.48 bits per heavy atom. The third-order valence-electron chi connectivity index (χ3n) is 7.05. The molecule has 4 aliphatic rings. The van der Waals surface area contributed by atoms with Crippen molar-refractivity contribution >= 4 is 16.6 Å². The predicted molar refractivity (Wildman–Crippen MR) is 107 cm³/mol. The molecule has 4 fully saturated rings. The average Bonchev–Trinajstić information content (AvgIpc) is 2.65. The van der Waals surface area contributed by atoms with Crippen LogP contribution in [0.1, 0.15) is 44.8 Å². The fraction of sp³-hybridized carbons (Fsp3) is 0.522. The minimum absolute atomic E-state index is 0.0621. The first kappa shape index (κ1) is 17.2. The molecule has 142 valence electrons. The van der Waals surface area contributed by atoms with Crippen molar-refractivity contribution < 1.29 is 9.90 Å². The molecule has 4 nitrogen and oxygen atoms in total. The van der Waals surface area contributed by atoms with Crippen LogP contribution in [0.25, 0.3) is 10.8 Å². The van der Waals surface area contributed by atoms with Crippen LogP contribution in [0.15, 0.2) is 36.4 Å². The quantitative estimate of drug-likeness (QED) is 0.892. The summed E-state index contributed by atoms with van der Waals surface area (Å²) in [5, 5.41) is 13.1. The Labute approximate surface area is 160 Å². The van der Waals surface area contributed by atoms with Crippen molar-refractivity contribution in [2.75, 3.05) is 26.2 Å². The van der Waals surface area contributed by atoms with Gasteiger partial charge >= 0.3 is 0 Å². The molecule has 2 aromatic rings. The number of nitrogens with zero attached hydrogens (tertiary/aromatic N) is 2. The summed E-state index contributed by atoms with van der Waals surface area (Å²) in [7, 11) is 0. The number of carbonyl (C=O) groups is 1. The molecule has 0 spiro atoms. The summed E-state index contributed by atoms with van der Waals surface area (Å²) in [4.78, 5) is 18.3. The number of Topliss-reactive ketones (excluding diaryl/α,β-unsaturated/α-hetero) is 1. The first-order chi connectivity index (χ1) is 13.0. The van der Waals surface area contributed by atoms with Crippen LogP contribution in [0.4, 0.5) is 0 Å². The highest BCUT2D eigenvalue weighted by molar-refractivity contribution is 5.93. The van der Waals surface area contributed by atoms with Gasteiger partial charge in [0.2, 0.25) is 0 Å². The van der Waals surface area contributed by atoms with Gasteiger partial charge in [-0.2, -0.15) is 0 Å². The summed E-state index contributed by atoms with van der Waals surface area (Å²) in [5.41, 5.74) is 0.507. The van der Waals surface area contributed by atoms with Crippen LogP contribution >= 0.6 is 0 Å². The largest absolute Gasteiger partial charge is 0.508 e. The third kappa shape index (κ3) is 2.33. The van der Waals surface area contributed by atoms with Gasteiger partial charge in [-0.05, 0) is 23.3 Å². The van der Waals surface area contributed by atoms with Gasteiger partial charge in [-0.25, -0.2) is 0 Å². The number of hydrogen-bond acceptors (Lipinski definition) is 4. The lowest BCUT2D eigenvalue weighted by Crippen LogP contribution is -2.76. The monoisotopic (exact) mass is 364 g/mol. The first-order valence-corrected chi connectivity index (χ1v) is 10.2. The highest BCUT2D eigenvalue weighted by atomic mass is 16.3. The van der Waals surface area contributed by atoms with Crippen molar-refractivity contribution in [3.8, 4) is 5.75 Å². The Bertz CT molecular complexity index is 906. The van der Waals surface area contributed by atoms with E-state index < -0.39 is 0 Å². The van der Waals surface area contributed by atoms with Crippen LogP contribution < -0.4 is 0 Å². The summed E-state index contributed by atoms with van der Waals surface area (Å²) in [5.74, 6) is 0.849. The Balaban J connectivity index is 1.61. The highest BCUT2D eigenvalue weighted by Gasteiger charge is 2.63. The molecule has 4 heteroatoms. The average molecular weight is 364 g/mol. The SMILES string of the molecule is CCCCC12CN3CC(C)(CN(C1)C3c1c(O)ccc3ccccc13)C2=O. The van der Waals surface area contributed by atoms with Crippen molar-refractivity contribution in [2.45, 2.75) is 39.3 Å². The number of piperidine rings is 2. The number of benzene rings is 2. The fourth-order valence-corrected chi connectivity index (χ4v) is 6.10. The van der Waals surface area contributed by atoms with Crippen molar-refractivity contribution in [3.63, 3.8) is 0 Å². The summed E-state index contributed by atoms with van der Waals surface area (Å²) in [6, 6.07) is 12.1. The second-order valence-electron chi connectivity index (χ2n) is 9.18. The van der Waals surface area contributed by atoms with Crippen LogP contribution in [0.3, 0.4) is 0 Å². The zero-order valence-corrected chi connectivity index (χ0v) is 16.2. The van der Waals surface area contributed by atoms with Gasteiger partial charge in [0.1, 0.15) is 11.5 Å². The van der Waals surface area contributed by atoms with E-state index in [-0.39, 0.29) is 17.0 Å². The number of phenolic OH excluding ortho intramolecular Hbond substituents is 1. The number of rotatable bonds is 4. The molecule has 0 amide bonds. The maximum Gasteiger partial charge on any atom is 0.150 e. The second kappa shape index (κ2) is 5.79. The number of aromatic hydroxyl groups is 1. The standard InChI is InChI=1S/C23H28N2O2/c1-3-4-11-23-14-24-12-22(2,21(23)27)13-25(15-23)20(24)19-17-8-6-5-7-16(17)9-10-18(19)26/h5-10,20,26H,3-4,11-15H2,1-2H3. The predicted octanol–water partition coefficient (Wildman–Crippen LogP) is 3.94. The summed E-state index contributed by atoms with van der Waals surface area (Å²) < 4.78 is 0. The number of unbranched alkanes of at least 4 members (excludes halogenated alkanes) is 1. The van der Waals surface area contributed by atoms with E-state index in [0.29, 0.717) is 11.5 Å². The first-order valence-electron chi connectivity index (χ1n) is 10.2. The van der Waals surface area contributed by atoms with Crippen LogP contribution in [0, 0.1) is 10.8 Å². The van der Waals surface area contributed by atoms with Gasteiger partial charge in [0.25, 0.3) is 0 Å². The molecule has 4 saturated heterocycles. The molecular weight excluding hydrogens is 336 g/mol. The zero-order valence-electron chi connectivity index (χ0n) is 16.2. The molecule has 2 atom stereocenters. The molecule has 27 heavy (non-hydrogen) atoms. The molecule has 0 aliphatic carbocycles. The van der Waals surface area contributed by atoms with Gasteiger partial charge in [-0.3, -0.25) is 14.6 Å². The van der Waals surface area contributed by atoms with Crippen LogP contribution in [-0.2, 0) is 4.79 Å². The topological polar surface area (TPSA) is 43.8 Å². The maximum absolute atomic E-state index is 13.3. The van der Waals surface area contributed by atoms with E-state index in [2.05, 4.69) is 35.8 Å². The van der Waals surface area contributed by atoms with E-state index in [9.17, 15) is 9.90 Å². The summed E-state index contributed by atoms with van der Waals surface area (Å²) in [6.45, 7) is 7.58. The number of carbonyl (C=O) groups excluding carboxylic acids is 1. The Morgan fingerprint density at radius 2 is 1.78 bits per heavy atom. The van der Waals surface area contributed by atoms with Gasteiger partial charge in [-0.1, -0.05) is 57.0 Å². The molecule has 4 heterocycles. The van der Waals surface area contributed by atoms with E-state index in [0.717, 1.165) is 61.8 Å². The fourth-order valence-electron chi connectivity index (χ4n) is 6.10. The molecule has 2 unspecified atom stereocenters. The van der Waals surface area contributed by atoms with Crippen LogP contribution in [-0.4, -0.2) is 46.9 Å². The lowest BCUT2D eigenvalue weighted by molar-refractivity contribution is -0.201. The van der Waals surface area contributed by atoms with E-state index in [1.165, 1.54) is 0 Å². The molecule has 0 aromatic heterocycles. The maximum atomic E-state index is 13.3. The number of hydrogen-bond donors (Lipinski definition) is 1. The molecule has 4 bridgehead atoms. The minimum atomic E-state index is -0.277. The smallest absolute Gasteiger partial charge is 0.150 e. The van der Waals surface area contributed by atoms with Crippen LogP contribution in [0.2, 0.25) is 0 Å². The van der Waals surface area contributed by atoms with Gasteiger partial charge < -0.3 is 5.11 Å². The Morgan fingerprint density at radius 1 is 1.07 bits per heavy atom. The van der Waals surface area contributed by atoms with E-state index >= 15 is 0 Å². The Hall–Kier alpha value is -1.91. The van der Waals surface area contributed by atoms with Crippen molar-refractivity contribution in [1.82, 2.24) is 9.80 Å². The van der Waals surface area contributed by atoms with Crippen LogP contribution in [0.5, 0.6) is 5.75 Å². The molecular formula is C23H28N2O2. The summed E-state index contributed by atoms with van der Waals surface area (Å²) in [6.07, 6.45) is 3.28. The lowest BCUT2D eigenvalue weighted by Gasteiger charge is -2.65. The highest BCUT2D eigenvalue weighted by Crippen LogP contribution is 2.55. The van der Waals surface area contributed by atoms with Gasteiger partial charge in [0, 0.05) is 31.7 Å². The van der Waals surface area contributed by atoms with Crippen molar-refractivity contribution in [2.24, 2.45) is 10.8 Å². The Kier molecular flexibility index (Phi) is 3.69. The van der Waals surface area contributed by atoms with E-state index in [1.54, 1.807) is 0 Å². The second-order valence-corrected chi connectivity index (χ2v) is 9.18. The molecule has 6 rings (SSSR count). The van der Waals surface area contributed by atoms with Crippen molar-refractivity contribution in [1.29, 1.82) is 0 Å². The molecule has 1 N–H and O–H groups in total. The molecule has 2 aromatic carbocycles. The van der Waals surface area contributed by atoms with Gasteiger partial charge in [0.15, 0.2) is 0 Å². The number of phenols is 1. The number of fused-ring (bicyclic) bond motifs is 1. The van der Waals surface area contributed by atoms with E-state index in [4.69, 9.17) is 0 Å². The van der Waals surface area contributed by atoms with E-state index in [1.807, 2.05) is 24.3 Å². The lowest BCUT2D eigenvalue weighted by atomic mass is 9.59. The normalized spacial score (nSPS) is 37.3. The zero-order chi connectivity index (χ0) is 18.8. The molecule has 0 saturated carbocycles. The molecule has 4 aliphatic heterocycles. The number of ketones is 1. The van der Waals surface area contributed by atoms with Gasteiger partial charge in [-0.15, -0.1) is 0 Å². The van der Waals surface area contributed by atoms with Gasteiger partial charge in [0.05, 0.1) is 17.0 Å². The summed E-state index contributed by atoms with van der Waals surface area (Å²) >= 11 is 0. The third-order valence-corrected chi connectivity index (χ3v) is 7.05. The molecule has 0 radical (unpaired) electrons.